The minimum absolute atomic E-state index is 0.612. The molecule has 2 aliphatic rings. The van der Waals surface area contributed by atoms with E-state index in [1.807, 2.05) is 48.5 Å². The Labute approximate surface area is 140 Å². The summed E-state index contributed by atoms with van der Waals surface area (Å²) >= 11 is 0. The molecule has 0 aliphatic carbocycles. The second-order valence-corrected chi connectivity index (χ2v) is 5.87. The molecule has 2 heterocycles. The fourth-order valence-electron chi connectivity index (χ4n) is 3.01. The number of aryl methyl sites for hydroxylation is 2. The maximum atomic E-state index is 12.0. The van der Waals surface area contributed by atoms with Crippen molar-refractivity contribution in [2.45, 2.75) is 38.3 Å². The highest BCUT2D eigenvalue weighted by molar-refractivity contribution is 5.60. The van der Waals surface area contributed by atoms with Gasteiger partial charge in [0.25, 0.3) is 0 Å². The Kier molecular flexibility index (Phi) is 3.99. The number of rotatable bonds is 2. The van der Waals surface area contributed by atoms with Crippen LogP contribution in [0, 0.1) is 0 Å². The van der Waals surface area contributed by atoms with Crippen molar-refractivity contribution in [2.24, 2.45) is 0 Å². The van der Waals surface area contributed by atoms with E-state index in [0.29, 0.717) is 12.8 Å². The molecule has 4 rings (SSSR count). The van der Waals surface area contributed by atoms with E-state index in [2.05, 4.69) is 0 Å². The molecule has 5 nitrogen and oxygen atoms in total. The smallest absolute Gasteiger partial charge is 0.454 e. The molecule has 0 saturated carbocycles. The van der Waals surface area contributed by atoms with Crippen LogP contribution >= 0.6 is 0 Å². The largest absolute Gasteiger partial charge is 0.514 e. The van der Waals surface area contributed by atoms with E-state index in [0.717, 1.165) is 35.5 Å². The van der Waals surface area contributed by atoms with Gasteiger partial charge in [-0.1, -0.05) is 36.4 Å². The molecular formula is C19H18O5. The van der Waals surface area contributed by atoms with Gasteiger partial charge in [-0.25, -0.2) is 4.79 Å². The molecule has 2 aliphatic heterocycles. The van der Waals surface area contributed by atoms with Crippen LogP contribution in [0.5, 0.6) is 11.5 Å². The number of carbonyl (C=O) groups is 1. The van der Waals surface area contributed by atoms with Gasteiger partial charge >= 0.3 is 6.16 Å². The predicted molar refractivity (Wildman–Crippen MR) is 85.9 cm³/mol. The van der Waals surface area contributed by atoms with Crippen LogP contribution in [0.3, 0.4) is 0 Å². The Morgan fingerprint density at radius 2 is 1.25 bits per heavy atom. The van der Waals surface area contributed by atoms with Crippen LogP contribution in [0.4, 0.5) is 4.79 Å². The SMILES string of the molecule is O=C(OC1CCc2ccccc2O1)OC1CCc2ccccc2O1. The van der Waals surface area contributed by atoms with Crippen molar-refractivity contribution in [3.8, 4) is 11.5 Å². The summed E-state index contributed by atoms with van der Waals surface area (Å²) in [6, 6.07) is 15.5. The van der Waals surface area contributed by atoms with E-state index < -0.39 is 18.7 Å². The minimum atomic E-state index is -0.760. The van der Waals surface area contributed by atoms with Crippen molar-refractivity contribution in [2.75, 3.05) is 0 Å². The normalized spacial score (nSPS) is 21.5. The van der Waals surface area contributed by atoms with Crippen molar-refractivity contribution < 1.29 is 23.7 Å². The Hall–Kier alpha value is -2.69. The molecule has 0 bridgehead atoms. The number of benzene rings is 2. The van der Waals surface area contributed by atoms with Gasteiger partial charge in [-0.2, -0.15) is 0 Å². The van der Waals surface area contributed by atoms with Crippen LogP contribution in [-0.2, 0) is 22.3 Å². The fourth-order valence-corrected chi connectivity index (χ4v) is 3.01. The molecule has 0 aromatic heterocycles. The number of ether oxygens (including phenoxy) is 4. The lowest BCUT2D eigenvalue weighted by molar-refractivity contribution is -0.117. The Bertz CT molecular complexity index is 681. The number of hydrogen-bond acceptors (Lipinski definition) is 5. The van der Waals surface area contributed by atoms with Crippen molar-refractivity contribution >= 4 is 6.16 Å². The van der Waals surface area contributed by atoms with Gasteiger partial charge in [0.1, 0.15) is 11.5 Å². The highest BCUT2D eigenvalue weighted by Crippen LogP contribution is 2.29. The first-order valence-corrected chi connectivity index (χ1v) is 8.14. The second-order valence-electron chi connectivity index (χ2n) is 5.87. The Morgan fingerprint density at radius 3 is 1.75 bits per heavy atom. The van der Waals surface area contributed by atoms with Crippen LogP contribution in [0.25, 0.3) is 0 Å². The number of para-hydroxylation sites is 2. The first-order valence-electron chi connectivity index (χ1n) is 8.14. The highest BCUT2D eigenvalue weighted by Gasteiger charge is 2.27. The maximum Gasteiger partial charge on any atom is 0.514 e. The van der Waals surface area contributed by atoms with E-state index in [1.165, 1.54) is 0 Å². The molecule has 5 heteroatoms. The summed E-state index contributed by atoms with van der Waals surface area (Å²) in [4.78, 5) is 12.0. The van der Waals surface area contributed by atoms with Gasteiger partial charge < -0.3 is 18.9 Å². The highest BCUT2D eigenvalue weighted by atomic mass is 16.8. The van der Waals surface area contributed by atoms with Crippen LogP contribution in [0.15, 0.2) is 48.5 Å². The molecule has 124 valence electrons. The number of fused-ring (bicyclic) bond motifs is 2. The first kappa shape index (κ1) is 14.9. The molecule has 0 saturated heterocycles. The van der Waals surface area contributed by atoms with E-state index in [9.17, 15) is 4.79 Å². The molecule has 0 N–H and O–H groups in total. The summed E-state index contributed by atoms with van der Waals surface area (Å²) in [6.07, 6.45) is 0.833. The van der Waals surface area contributed by atoms with Crippen molar-refractivity contribution in [3.05, 3.63) is 59.7 Å². The molecule has 0 radical (unpaired) electrons. The molecule has 2 aromatic rings. The molecule has 24 heavy (non-hydrogen) atoms. The fraction of sp³-hybridized carbons (Fsp3) is 0.316. The average molecular weight is 326 g/mol. The van der Waals surface area contributed by atoms with Gasteiger partial charge in [0.2, 0.25) is 12.6 Å². The summed E-state index contributed by atoms with van der Waals surface area (Å²) in [5.74, 6) is 1.51. The van der Waals surface area contributed by atoms with E-state index in [-0.39, 0.29) is 0 Å². The van der Waals surface area contributed by atoms with Gasteiger partial charge in [0.15, 0.2) is 0 Å². The summed E-state index contributed by atoms with van der Waals surface area (Å²) in [6.45, 7) is 0. The summed E-state index contributed by atoms with van der Waals surface area (Å²) in [5.41, 5.74) is 2.25. The molecule has 0 spiro atoms. The Balaban J connectivity index is 1.32. The van der Waals surface area contributed by atoms with Crippen LogP contribution < -0.4 is 9.47 Å². The third-order valence-corrected chi connectivity index (χ3v) is 4.22. The third kappa shape index (κ3) is 3.15. The summed E-state index contributed by atoms with van der Waals surface area (Å²) in [7, 11) is 0. The third-order valence-electron chi connectivity index (χ3n) is 4.22. The lowest BCUT2D eigenvalue weighted by atomic mass is 10.1. The van der Waals surface area contributed by atoms with Gasteiger partial charge in [-0.3, -0.25) is 0 Å². The van der Waals surface area contributed by atoms with E-state index in [4.69, 9.17) is 18.9 Å². The van der Waals surface area contributed by atoms with Crippen LogP contribution in [-0.4, -0.2) is 18.7 Å². The van der Waals surface area contributed by atoms with Crippen LogP contribution in [0.1, 0.15) is 24.0 Å². The summed E-state index contributed by atoms with van der Waals surface area (Å²) in [5, 5.41) is 0. The lowest BCUT2D eigenvalue weighted by Gasteiger charge is -2.28. The van der Waals surface area contributed by atoms with Gasteiger partial charge in [-0.15, -0.1) is 0 Å². The average Bonchev–Trinajstić information content (AvgIpc) is 2.61. The van der Waals surface area contributed by atoms with Crippen molar-refractivity contribution in [1.82, 2.24) is 0 Å². The first-order chi connectivity index (χ1) is 11.8. The minimum Gasteiger partial charge on any atom is -0.454 e. The van der Waals surface area contributed by atoms with Gasteiger partial charge in [0.05, 0.1) is 0 Å². The molecule has 0 fully saturated rings. The standard InChI is InChI=1S/C19H18O5/c20-19(23-17-11-9-13-5-1-3-7-15(13)21-17)24-18-12-10-14-6-2-4-8-16(14)22-18/h1-8,17-18H,9-12H2. The number of hydrogen-bond donors (Lipinski definition) is 0. The van der Waals surface area contributed by atoms with Crippen LogP contribution in [0.2, 0.25) is 0 Å². The zero-order chi connectivity index (χ0) is 16.4. The van der Waals surface area contributed by atoms with Gasteiger partial charge in [-0.05, 0) is 36.1 Å². The molecular weight excluding hydrogens is 308 g/mol. The quantitative estimate of drug-likeness (QED) is 0.785. The summed E-state index contributed by atoms with van der Waals surface area (Å²) < 4.78 is 21.9. The topological polar surface area (TPSA) is 54.0 Å². The zero-order valence-corrected chi connectivity index (χ0v) is 13.1. The van der Waals surface area contributed by atoms with E-state index in [1.54, 1.807) is 0 Å². The molecule has 2 aromatic carbocycles. The van der Waals surface area contributed by atoms with E-state index >= 15 is 0 Å². The zero-order valence-electron chi connectivity index (χ0n) is 13.1. The molecule has 2 unspecified atom stereocenters. The predicted octanol–water partition coefficient (Wildman–Crippen LogP) is 3.84. The molecule has 0 amide bonds. The number of carbonyl (C=O) groups excluding carboxylic acids is 1. The van der Waals surface area contributed by atoms with Crippen molar-refractivity contribution in [1.29, 1.82) is 0 Å². The second kappa shape index (κ2) is 6.43. The Morgan fingerprint density at radius 1 is 0.792 bits per heavy atom. The lowest BCUT2D eigenvalue weighted by Crippen LogP contribution is -2.33. The van der Waals surface area contributed by atoms with Gasteiger partial charge in [0, 0.05) is 12.8 Å². The van der Waals surface area contributed by atoms with Crippen molar-refractivity contribution in [3.63, 3.8) is 0 Å². The maximum absolute atomic E-state index is 12.0. The molecule has 2 atom stereocenters. The monoisotopic (exact) mass is 326 g/mol.